The fourth-order valence-corrected chi connectivity index (χ4v) is 3.47. The summed E-state index contributed by atoms with van der Waals surface area (Å²) < 4.78 is 3.40. The van der Waals surface area contributed by atoms with Crippen molar-refractivity contribution in [2.24, 2.45) is 11.8 Å². The Kier molecular flexibility index (Phi) is 7.82. The fraction of sp³-hybridized carbons (Fsp3) is 0.812. The van der Waals surface area contributed by atoms with Crippen LogP contribution in [0.3, 0.4) is 0 Å². The van der Waals surface area contributed by atoms with Crippen molar-refractivity contribution in [3.05, 3.63) is 15.9 Å². The van der Waals surface area contributed by atoms with E-state index < -0.39 is 0 Å². The third-order valence-electron chi connectivity index (χ3n) is 3.66. The topological polar surface area (TPSA) is 29.9 Å². The number of hydrogen-bond acceptors (Lipinski definition) is 2. The zero-order valence-corrected chi connectivity index (χ0v) is 15.3. The largest absolute Gasteiger partial charge is 0.317 e. The molecule has 1 N–H and O–H groups in total. The lowest BCUT2D eigenvalue weighted by Gasteiger charge is -2.20. The third-order valence-corrected chi connectivity index (χ3v) is 4.58. The number of aromatic nitrogens is 2. The van der Waals surface area contributed by atoms with Gasteiger partial charge in [0, 0.05) is 6.54 Å². The van der Waals surface area contributed by atoms with E-state index in [4.69, 9.17) is 5.10 Å². The molecule has 4 heteroatoms. The Morgan fingerprint density at radius 1 is 1.25 bits per heavy atom. The molecule has 0 aliphatic heterocycles. The summed E-state index contributed by atoms with van der Waals surface area (Å²) in [7, 11) is 0. The van der Waals surface area contributed by atoms with E-state index in [1.54, 1.807) is 0 Å². The zero-order chi connectivity index (χ0) is 15.1. The highest BCUT2D eigenvalue weighted by Gasteiger charge is 2.19. The molecule has 0 amide bonds. The van der Waals surface area contributed by atoms with Crippen LogP contribution in [-0.2, 0) is 19.4 Å². The number of halogens is 1. The van der Waals surface area contributed by atoms with Crippen LogP contribution in [0.5, 0.6) is 0 Å². The van der Waals surface area contributed by atoms with Gasteiger partial charge in [-0.2, -0.15) is 5.10 Å². The molecular weight excluding hydrogens is 314 g/mol. The Bertz CT molecular complexity index is 399. The minimum atomic E-state index is 0.679. The summed E-state index contributed by atoms with van der Waals surface area (Å²) in [5.74, 6) is 1.42. The van der Waals surface area contributed by atoms with E-state index in [1.807, 2.05) is 0 Å². The maximum Gasteiger partial charge on any atom is 0.0766 e. The smallest absolute Gasteiger partial charge is 0.0766 e. The van der Waals surface area contributed by atoms with Gasteiger partial charge in [-0.1, -0.05) is 27.7 Å². The predicted molar refractivity (Wildman–Crippen MR) is 90.2 cm³/mol. The summed E-state index contributed by atoms with van der Waals surface area (Å²) in [6.07, 6.45) is 3.35. The van der Waals surface area contributed by atoms with Crippen LogP contribution < -0.4 is 5.32 Å². The van der Waals surface area contributed by atoms with Gasteiger partial charge in [0.05, 0.1) is 15.9 Å². The molecule has 0 aliphatic carbocycles. The van der Waals surface area contributed by atoms with Gasteiger partial charge in [0.2, 0.25) is 0 Å². The normalized spacial score (nSPS) is 13.2. The Morgan fingerprint density at radius 3 is 2.45 bits per heavy atom. The second kappa shape index (κ2) is 8.83. The molecule has 0 aromatic carbocycles. The van der Waals surface area contributed by atoms with Crippen LogP contribution in [0.2, 0.25) is 0 Å². The van der Waals surface area contributed by atoms with Crippen LogP contribution in [0.25, 0.3) is 0 Å². The maximum absolute atomic E-state index is 4.71. The van der Waals surface area contributed by atoms with Gasteiger partial charge in [0.1, 0.15) is 0 Å². The number of rotatable bonds is 9. The minimum absolute atomic E-state index is 0.679. The van der Waals surface area contributed by atoms with E-state index in [9.17, 15) is 0 Å². The summed E-state index contributed by atoms with van der Waals surface area (Å²) in [4.78, 5) is 0. The second-order valence-electron chi connectivity index (χ2n) is 5.88. The first-order valence-corrected chi connectivity index (χ1v) is 8.77. The fourth-order valence-electron chi connectivity index (χ4n) is 2.74. The number of hydrogen-bond donors (Lipinski definition) is 1. The second-order valence-corrected chi connectivity index (χ2v) is 6.68. The molecule has 0 bridgehead atoms. The monoisotopic (exact) mass is 343 g/mol. The summed E-state index contributed by atoms with van der Waals surface area (Å²) in [6, 6.07) is 0. The highest BCUT2D eigenvalue weighted by molar-refractivity contribution is 9.10. The summed E-state index contributed by atoms with van der Waals surface area (Å²) in [6.45, 7) is 14.2. The minimum Gasteiger partial charge on any atom is -0.317 e. The quantitative estimate of drug-likeness (QED) is 0.733. The molecule has 1 unspecified atom stereocenters. The lowest BCUT2D eigenvalue weighted by atomic mass is 9.92. The van der Waals surface area contributed by atoms with Crippen LogP contribution in [0.15, 0.2) is 4.47 Å². The van der Waals surface area contributed by atoms with Gasteiger partial charge in [0.25, 0.3) is 0 Å². The molecule has 0 radical (unpaired) electrons. The number of aryl methyl sites for hydroxylation is 2. The van der Waals surface area contributed by atoms with E-state index in [1.165, 1.54) is 22.3 Å². The van der Waals surface area contributed by atoms with Crippen LogP contribution >= 0.6 is 15.9 Å². The van der Waals surface area contributed by atoms with E-state index in [2.05, 4.69) is 60.5 Å². The Morgan fingerprint density at radius 2 is 1.95 bits per heavy atom. The Balaban J connectivity index is 2.88. The van der Waals surface area contributed by atoms with E-state index in [-0.39, 0.29) is 0 Å². The molecule has 1 heterocycles. The molecule has 0 spiro atoms. The van der Waals surface area contributed by atoms with Crippen molar-refractivity contribution in [1.82, 2.24) is 15.1 Å². The molecule has 0 saturated carbocycles. The molecule has 0 saturated heterocycles. The Hall–Kier alpha value is -0.350. The van der Waals surface area contributed by atoms with Crippen molar-refractivity contribution < 1.29 is 0 Å². The first-order chi connectivity index (χ1) is 9.53. The predicted octanol–water partition coefficient (Wildman–Crippen LogP) is 4.04. The van der Waals surface area contributed by atoms with Crippen molar-refractivity contribution in [3.63, 3.8) is 0 Å². The van der Waals surface area contributed by atoms with Gasteiger partial charge in [-0.3, -0.25) is 4.68 Å². The molecule has 116 valence electrons. The van der Waals surface area contributed by atoms with E-state index in [0.29, 0.717) is 5.92 Å². The van der Waals surface area contributed by atoms with Gasteiger partial charge in [-0.05, 0) is 67.0 Å². The maximum atomic E-state index is 4.71. The standard InChI is InChI=1S/C16H30BrN3/c1-6-14-16(17)15(20(8-3)19-14)10-13(9-12(4)5)11-18-7-2/h12-13,18H,6-11H2,1-5H3. The first kappa shape index (κ1) is 17.7. The molecule has 1 aromatic heterocycles. The number of nitrogens with zero attached hydrogens (tertiary/aromatic N) is 2. The molecule has 1 atom stereocenters. The van der Waals surface area contributed by atoms with Gasteiger partial charge >= 0.3 is 0 Å². The molecule has 20 heavy (non-hydrogen) atoms. The van der Waals surface area contributed by atoms with E-state index in [0.717, 1.165) is 38.4 Å². The molecule has 0 fully saturated rings. The van der Waals surface area contributed by atoms with Gasteiger partial charge < -0.3 is 5.32 Å². The summed E-state index contributed by atoms with van der Waals surface area (Å²) >= 11 is 3.76. The van der Waals surface area contributed by atoms with Crippen molar-refractivity contribution in [1.29, 1.82) is 0 Å². The lowest BCUT2D eigenvalue weighted by Crippen LogP contribution is -2.26. The molecule has 3 nitrogen and oxygen atoms in total. The van der Waals surface area contributed by atoms with E-state index >= 15 is 0 Å². The lowest BCUT2D eigenvalue weighted by molar-refractivity contribution is 0.379. The summed E-state index contributed by atoms with van der Waals surface area (Å²) in [5, 5.41) is 8.22. The van der Waals surface area contributed by atoms with Crippen molar-refractivity contribution in [2.45, 2.75) is 60.4 Å². The molecule has 1 rings (SSSR count). The van der Waals surface area contributed by atoms with Crippen LogP contribution in [0, 0.1) is 11.8 Å². The average molecular weight is 344 g/mol. The molecule has 1 aromatic rings. The van der Waals surface area contributed by atoms with Crippen LogP contribution in [0.4, 0.5) is 0 Å². The van der Waals surface area contributed by atoms with Gasteiger partial charge in [-0.15, -0.1) is 0 Å². The van der Waals surface area contributed by atoms with Crippen molar-refractivity contribution >= 4 is 15.9 Å². The van der Waals surface area contributed by atoms with Gasteiger partial charge in [0.15, 0.2) is 0 Å². The molecule has 0 aliphatic rings. The highest BCUT2D eigenvalue weighted by Crippen LogP contribution is 2.26. The van der Waals surface area contributed by atoms with Crippen molar-refractivity contribution in [2.75, 3.05) is 13.1 Å². The third kappa shape index (κ3) is 4.88. The van der Waals surface area contributed by atoms with Crippen LogP contribution in [-0.4, -0.2) is 22.9 Å². The molecular formula is C16H30BrN3. The van der Waals surface area contributed by atoms with Gasteiger partial charge in [-0.25, -0.2) is 0 Å². The van der Waals surface area contributed by atoms with Crippen molar-refractivity contribution in [3.8, 4) is 0 Å². The Labute approximate surface area is 132 Å². The SMILES string of the molecule is CCNCC(Cc1c(Br)c(CC)nn1CC)CC(C)C. The summed E-state index contributed by atoms with van der Waals surface area (Å²) in [5.41, 5.74) is 2.56. The highest BCUT2D eigenvalue weighted by atomic mass is 79.9. The number of nitrogens with one attached hydrogen (secondary N) is 1. The van der Waals surface area contributed by atoms with Crippen LogP contribution in [0.1, 0.15) is 52.4 Å². The average Bonchev–Trinajstić information content (AvgIpc) is 2.72. The zero-order valence-electron chi connectivity index (χ0n) is 13.7. The first-order valence-electron chi connectivity index (χ1n) is 7.98.